The van der Waals surface area contributed by atoms with E-state index in [1.165, 1.54) is 12.8 Å². The molecule has 0 aromatic carbocycles. The fourth-order valence-corrected chi connectivity index (χ4v) is 1.89. The van der Waals surface area contributed by atoms with Crippen LogP contribution in [0.25, 0.3) is 0 Å². The lowest BCUT2D eigenvalue weighted by Crippen LogP contribution is -2.31. The van der Waals surface area contributed by atoms with Gasteiger partial charge in [-0.15, -0.1) is 0 Å². The first kappa shape index (κ1) is 12.1. The summed E-state index contributed by atoms with van der Waals surface area (Å²) in [4.78, 5) is 10.8. The monoisotopic (exact) mass is 236 g/mol. The molecule has 0 unspecified atom stereocenters. The number of nitrogens with zero attached hydrogens (tertiary/aromatic N) is 3. The zero-order chi connectivity index (χ0) is 12.1. The van der Waals surface area contributed by atoms with Gasteiger partial charge >= 0.3 is 0 Å². The number of nitrogen functional groups attached to an aromatic ring is 1. The highest BCUT2D eigenvalue weighted by molar-refractivity contribution is 5.40. The number of rotatable bonds is 7. The lowest BCUT2D eigenvalue weighted by atomic mass is 10.4. The van der Waals surface area contributed by atoms with Crippen molar-refractivity contribution in [1.82, 2.24) is 14.9 Å². The van der Waals surface area contributed by atoms with E-state index in [0.29, 0.717) is 5.82 Å². The van der Waals surface area contributed by atoms with Crippen molar-refractivity contribution in [2.24, 2.45) is 5.84 Å². The average Bonchev–Trinajstić information content (AvgIpc) is 3.19. The molecule has 0 spiro atoms. The van der Waals surface area contributed by atoms with Crippen LogP contribution in [0.15, 0.2) is 12.4 Å². The standard InChI is InChI=1S/C11H20N6/c1-2-17(9-3-4-9)6-5-14-10-7-13-8-11(15-10)16-12/h7-9H,2-6,12H2,1H3,(H2,14,15,16). The number of nitrogens with two attached hydrogens (primary N) is 1. The summed E-state index contributed by atoms with van der Waals surface area (Å²) in [6.07, 6.45) is 5.99. The molecule has 0 atom stereocenters. The minimum Gasteiger partial charge on any atom is -0.367 e. The lowest BCUT2D eigenvalue weighted by Gasteiger charge is -2.19. The fourth-order valence-electron chi connectivity index (χ4n) is 1.89. The smallest absolute Gasteiger partial charge is 0.160 e. The molecule has 17 heavy (non-hydrogen) atoms. The van der Waals surface area contributed by atoms with Crippen LogP contribution in [0.1, 0.15) is 19.8 Å². The predicted octanol–water partition coefficient (Wildman–Crippen LogP) is 0.658. The maximum atomic E-state index is 5.28. The van der Waals surface area contributed by atoms with Crippen molar-refractivity contribution in [2.75, 3.05) is 30.4 Å². The van der Waals surface area contributed by atoms with Gasteiger partial charge in [-0.25, -0.2) is 10.8 Å². The summed E-state index contributed by atoms with van der Waals surface area (Å²) in [5.74, 6) is 6.61. The van der Waals surface area contributed by atoms with Crippen LogP contribution in [0, 0.1) is 0 Å². The summed E-state index contributed by atoms with van der Waals surface area (Å²) in [6.45, 7) is 5.25. The first-order chi connectivity index (χ1) is 8.33. The predicted molar refractivity (Wildman–Crippen MR) is 68.6 cm³/mol. The Hall–Kier alpha value is -1.40. The molecule has 0 radical (unpaired) electrons. The summed E-state index contributed by atoms with van der Waals surface area (Å²) in [5, 5.41) is 3.26. The summed E-state index contributed by atoms with van der Waals surface area (Å²) in [5.41, 5.74) is 2.48. The highest BCUT2D eigenvalue weighted by Gasteiger charge is 2.27. The van der Waals surface area contributed by atoms with Crippen molar-refractivity contribution in [2.45, 2.75) is 25.8 Å². The zero-order valence-electron chi connectivity index (χ0n) is 10.2. The van der Waals surface area contributed by atoms with E-state index in [9.17, 15) is 0 Å². The maximum Gasteiger partial charge on any atom is 0.160 e. The second-order valence-corrected chi connectivity index (χ2v) is 4.22. The number of nitrogens with one attached hydrogen (secondary N) is 2. The summed E-state index contributed by atoms with van der Waals surface area (Å²) in [6, 6.07) is 0.810. The van der Waals surface area contributed by atoms with Gasteiger partial charge < -0.3 is 10.7 Å². The minimum absolute atomic E-state index is 0.574. The van der Waals surface area contributed by atoms with Gasteiger partial charge in [-0.1, -0.05) is 6.92 Å². The third kappa shape index (κ3) is 3.54. The molecule has 6 heteroatoms. The van der Waals surface area contributed by atoms with Crippen LogP contribution in [0.4, 0.5) is 11.6 Å². The molecule has 1 aliphatic rings. The van der Waals surface area contributed by atoms with Crippen molar-refractivity contribution >= 4 is 11.6 Å². The van der Waals surface area contributed by atoms with E-state index in [4.69, 9.17) is 5.84 Å². The topological polar surface area (TPSA) is 79.1 Å². The van der Waals surface area contributed by atoms with Crippen LogP contribution in [0.5, 0.6) is 0 Å². The summed E-state index contributed by atoms with van der Waals surface area (Å²) >= 11 is 0. The Labute approximate surface area is 102 Å². The van der Waals surface area contributed by atoms with Crippen molar-refractivity contribution in [3.05, 3.63) is 12.4 Å². The van der Waals surface area contributed by atoms with Gasteiger partial charge in [-0.05, 0) is 19.4 Å². The van der Waals surface area contributed by atoms with Crippen molar-refractivity contribution in [3.8, 4) is 0 Å². The summed E-state index contributed by atoms with van der Waals surface area (Å²) < 4.78 is 0. The third-order valence-electron chi connectivity index (χ3n) is 2.96. The molecule has 0 amide bonds. The molecule has 0 bridgehead atoms. The van der Waals surface area contributed by atoms with E-state index in [0.717, 1.165) is 31.5 Å². The number of anilines is 2. The van der Waals surface area contributed by atoms with E-state index in [1.54, 1.807) is 12.4 Å². The molecule has 1 aromatic heterocycles. The Morgan fingerprint density at radius 3 is 2.82 bits per heavy atom. The molecule has 1 aromatic rings. The molecule has 1 saturated carbocycles. The Bertz CT molecular complexity index is 352. The molecule has 1 heterocycles. The van der Waals surface area contributed by atoms with Gasteiger partial charge in [0.1, 0.15) is 5.82 Å². The second kappa shape index (κ2) is 5.79. The minimum atomic E-state index is 0.574. The van der Waals surface area contributed by atoms with Crippen LogP contribution in [0.3, 0.4) is 0 Å². The fraction of sp³-hybridized carbons (Fsp3) is 0.636. The van der Waals surface area contributed by atoms with Gasteiger partial charge in [-0.3, -0.25) is 9.88 Å². The normalized spacial score (nSPS) is 15.0. The largest absolute Gasteiger partial charge is 0.367 e. The average molecular weight is 236 g/mol. The second-order valence-electron chi connectivity index (χ2n) is 4.22. The van der Waals surface area contributed by atoms with Gasteiger partial charge in [0.15, 0.2) is 5.82 Å². The van der Waals surface area contributed by atoms with Crippen LogP contribution in [0.2, 0.25) is 0 Å². The third-order valence-corrected chi connectivity index (χ3v) is 2.96. The van der Waals surface area contributed by atoms with E-state index in [2.05, 4.69) is 32.5 Å². The van der Waals surface area contributed by atoms with Gasteiger partial charge in [0, 0.05) is 19.1 Å². The molecule has 0 aliphatic heterocycles. The zero-order valence-corrected chi connectivity index (χ0v) is 10.2. The number of hydrogen-bond acceptors (Lipinski definition) is 6. The number of hydrogen-bond donors (Lipinski definition) is 3. The Morgan fingerprint density at radius 2 is 2.18 bits per heavy atom. The van der Waals surface area contributed by atoms with Crippen LogP contribution in [-0.2, 0) is 0 Å². The van der Waals surface area contributed by atoms with E-state index < -0.39 is 0 Å². The first-order valence-electron chi connectivity index (χ1n) is 6.10. The Balaban J connectivity index is 1.76. The van der Waals surface area contributed by atoms with Crippen molar-refractivity contribution in [1.29, 1.82) is 0 Å². The molecule has 1 fully saturated rings. The number of hydrazine groups is 1. The van der Waals surface area contributed by atoms with Gasteiger partial charge in [0.05, 0.1) is 12.4 Å². The van der Waals surface area contributed by atoms with E-state index in [1.807, 2.05) is 0 Å². The van der Waals surface area contributed by atoms with Crippen LogP contribution >= 0.6 is 0 Å². The maximum absolute atomic E-state index is 5.28. The lowest BCUT2D eigenvalue weighted by molar-refractivity contribution is 0.289. The van der Waals surface area contributed by atoms with Crippen LogP contribution < -0.4 is 16.6 Å². The quantitative estimate of drug-likeness (QED) is 0.477. The first-order valence-corrected chi connectivity index (χ1v) is 6.10. The Kier molecular flexibility index (Phi) is 4.11. The SMILES string of the molecule is CCN(CCNc1cncc(NN)n1)C1CC1. The molecule has 0 saturated heterocycles. The van der Waals surface area contributed by atoms with Gasteiger partial charge in [0.2, 0.25) is 0 Å². The number of likely N-dealkylation sites (N-methyl/N-ethyl adjacent to an activating group) is 1. The Morgan fingerprint density at radius 1 is 1.41 bits per heavy atom. The summed E-state index contributed by atoms with van der Waals surface area (Å²) in [7, 11) is 0. The molecule has 4 N–H and O–H groups in total. The van der Waals surface area contributed by atoms with Gasteiger partial charge in [-0.2, -0.15) is 0 Å². The molecule has 6 nitrogen and oxygen atoms in total. The van der Waals surface area contributed by atoms with Crippen molar-refractivity contribution < 1.29 is 0 Å². The van der Waals surface area contributed by atoms with Crippen LogP contribution in [-0.4, -0.2) is 40.5 Å². The molecular weight excluding hydrogens is 216 g/mol. The highest BCUT2D eigenvalue weighted by Crippen LogP contribution is 2.25. The van der Waals surface area contributed by atoms with E-state index in [-0.39, 0.29) is 0 Å². The molecule has 94 valence electrons. The van der Waals surface area contributed by atoms with Gasteiger partial charge in [0.25, 0.3) is 0 Å². The molecular formula is C11H20N6. The number of aromatic nitrogens is 2. The highest BCUT2D eigenvalue weighted by atomic mass is 15.3. The van der Waals surface area contributed by atoms with E-state index >= 15 is 0 Å². The molecule has 2 rings (SSSR count). The van der Waals surface area contributed by atoms with Crippen molar-refractivity contribution in [3.63, 3.8) is 0 Å². The molecule has 1 aliphatic carbocycles.